The van der Waals surface area contributed by atoms with E-state index in [1.165, 1.54) is 11.3 Å². The Morgan fingerprint density at radius 2 is 2.00 bits per heavy atom. The zero-order chi connectivity index (χ0) is 18.7. The molecule has 1 aliphatic rings. The third-order valence-corrected chi connectivity index (χ3v) is 5.22. The Labute approximate surface area is 156 Å². The number of fused-ring (bicyclic) bond motifs is 1. The van der Waals surface area contributed by atoms with E-state index >= 15 is 0 Å². The van der Waals surface area contributed by atoms with Gasteiger partial charge in [-0.15, -0.1) is 0 Å². The lowest BCUT2D eigenvalue weighted by Gasteiger charge is -2.47. The molecule has 0 amide bonds. The van der Waals surface area contributed by atoms with Gasteiger partial charge in [-0.05, 0) is 56.9 Å². The van der Waals surface area contributed by atoms with E-state index in [1.54, 1.807) is 7.11 Å². The van der Waals surface area contributed by atoms with Gasteiger partial charge in [0, 0.05) is 29.4 Å². The van der Waals surface area contributed by atoms with E-state index in [4.69, 9.17) is 4.74 Å². The van der Waals surface area contributed by atoms with Crippen LogP contribution in [0.2, 0.25) is 0 Å². The van der Waals surface area contributed by atoms with E-state index in [9.17, 15) is 0 Å². The van der Waals surface area contributed by atoms with E-state index in [0.717, 1.165) is 30.0 Å². The minimum absolute atomic E-state index is 0.149. The number of hydrogen-bond acceptors (Lipinski definition) is 4. The number of nitrogens with one attached hydrogen (secondary N) is 1. The van der Waals surface area contributed by atoms with Crippen LogP contribution in [-0.2, 0) is 0 Å². The molecule has 0 aromatic heterocycles. The predicted molar refractivity (Wildman–Crippen MR) is 111 cm³/mol. The Morgan fingerprint density at radius 1 is 1.27 bits per heavy atom. The first-order valence-electron chi connectivity index (χ1n) is 9.30. The van der Waals surface area contributed by atoms with Crippen molar-refractivity contribution in [2.75, 3.05) is 24.0 Å². The Kier molecular flexibility index (Phi) is 5.21. The van der Waals surface area contributed by atoms with Gasteiger partial charge in [-0.2, -0.15) is 5.10 Å². The summed E-state index contributed by atoms with van der Waals surface area (Å²) in [4.78, 5) is 2.48. The van der Waals surface area contributed by atoms with E-state index in [2.05, 4.69) is 55.3 Å². The van der Waals surface area contributed by atoms with E-state index in [-0.39, 0.29) is 5.54 Å². The summed E-state index contributed by atoms with van der Waals surface area (Å²) in [7, 11) is 1.72. The number of benzene rings is 2. The molecule has 0 saturated heterocycles. The van der Waals surface area contributed by atoms with Crippen molar-refractivity contribution in [2.24, 2.45) is 5.10 Å². The summed E-state index contributed by atoms with van der Waals surface area (Å²) in [5.74, 6) is 1.36. The number of ether oxygens (including phenoxy) is 1. The van der Waals surface area contributed by atoms with Crippen molar-refractivity contribution in [3.63, 3.8) is 0 Å². The first-order valence-corrected chi connectivity index (χ1v) is 9.30. The molecule has 26 heavy (non-hydrogen) atoms. The molecule has 1 N–H and O–H groups in total. The zero-order valence-corrected chi connectivity index (χ0v) is 16.4. The SMILES string of the molecule is CCN1c2cc(OC)c(/C=N\Nc3ccccc3)cc2C(C)CC1(C)C. The molecule has 4 nitrogen and oxygen atoms in total. The van der Waals surface area contributed by atoms with Crippen molar-refractivity contribution in [1.82, 2.24) is 0 Å². The Hall–Kier alpha value is -2.49. The number of methoxy groups -OCH3 is 1. The number of anilines is 2. The fraction of sp³-hybridized carbons (Fsp3) is 0.409. The average Bonchev–Trinajstić information content (AvgIpc) is 2.62. The summed E-state index contributed by atoms with van der Waals surface area (Å²) < 4.78 is 5.66. The van der Waals surface area contributed by atoms with Gasteiger partial charge in [0.05, 0.1) is 19.0 Å². The molecule has 1 unspecified atom stereocenters. The molecule has 138 valence electrons. The highest BCUT2D eigenvalue weighted by atomic mass is 16.5. The van der Waals surface area contributed by atoms with Crippen LogP contribution in [0.5, 0.6) is 5.75 Å². The zero-order valence-electron chi connectivity index (χ0n) is 16.4. The van der Waals surface area contributed by atoms with Gasteiger partial charge < -0.3 is 9.64 Å². The number of rotatable bonds is 5. The van der Waals surface area contributed by atoms with Crippen LogP contribution in [0.15, 0.2) is 47.6 Å². The first-order chi connectivity index (χ1) is 12.5. The second kappa shape index (κ2) is 7.40. The van der Waals surface area contributed by atoms with Gasteiger partial charge in [-0.1, -0.05) is 25.1 Å². The van der Waals surface area contributed by atoms with Crippen molar-refractivity contribution in [3.05, 3.63) is 53.6 Å². The second-order valence-corrected chi connectivity index (χ2v) is 7.55. The molecule has 2 aromatic carbocycles. The summed E-state index contributed by atoms with van der Waals surface area (Å²) in [6.45, 7) is 10.2. The van der Waals surface area contributed by atoms with Gasteiger partial charge in [0.1, 0.15) is 5.75 Å². The summed E-state index contributed by atoms with van der Waals surface area (Å²) >= 11 is 0. The topological polar surface area (TPSA) is 36.9 Å². The van der Waals surface area contributed by atoms with Crippen LogP contribution in [0.4, 0.5) is 11.4 Å². The van der Waals surface area contributed by atoms with E-state index in [0.29, 0.717) is 5.92 Å². The van der Waals surface area contributed by atoms with Crippen LogP contribution in [0.25, 0.3) is 0 Å². The number of hydrazone groups is 1. The fourth-order valence-electron chi connectivity index (χ4n) is 4.09. The highest BCUT2D eigenvalue weighted by Gasteiger charge is 2.36. The lowest BCUT2D eigenvalue weighted by atomic mass is 9.79. The third kappa shape index (κ3) is 3.55. The van der Waals surface area contributed by atoms with Crippen molar-refractivity contribution in [1.29, 1.82) is 0 Å². The van der Waals surface area contributed by atoms with E-state index < -0.39 is 0 Å². The molecule has 0 radical (unpaired) electrons. The van der Waals surface area contributed by atoms with E-state index in [1.807, 2.05) is 36.5 Å². The van der Waals surface area contributed by atoms with Crippen LogP contribution in [0.1, 0.15) is 51.2 Å². The van der Waals surface area contributed by atoms with Crippen LogP contribution >= 0.6 is 0 Å². The quantitative estimate of drug-likeness (QED) is 0.590. The number of nitrogens with zero attached hydrogens (tertiary/aromatic N) is 2. The third-order valence-electron chi connectivity index (χ3n) is 5.22. The van der Waals surface area contributed by atoms with Gasteiger partial charge in [0.15, 0.2) is 0 Å². The normalized spacial score (nSPS) is 18.7. The van der Waals surface area contributed by atoms with Crippen LogP contribution in [0, 0.1) is 0 Å². The van der Waals surface area contributed by atoms with Gasteiger partial charge in [0.25, 0.3) is 0 Å². The van der Waals surface area contributed by atoms with Gasteiger partial charge in [0.2, 0.25) is 0 Å². The molecule has 0 fully saturated rings. The van der Waals surface area contributed by atoms with Gasteiger partial charge in [-0.3, -0.25) is 5.43 Å². The second-order valence-electron chi connectivity index (χ2n) is 7.55. The van der Waals surface area contributed by atoms with Crippen LogP contribution in [0.3, 0.4) is 0 Å². The highest BCUT2D eigenvalue weighted by Crippen LogP contribution is 2.45. The molecule has 1 aliphatic heterocycles. The molecule has 0 saturated carbocycles. The Morgan fingerprint density at radius 3 is 2.65 bits per heavy atom. The molecule has 0 bridgehead atoms. The van der Waals surface area contributed by atoms with Crippen molar-refractivity contribution in [2.45, 2.75) is 45.6 Å². The maximum Gasteiger partial charge on any atom is 0.129 e. The minimum atomic E-state index is 0.149. The number of para-hydroxylation sites is 1. The summed E-state index contributed by atoms with van der Waals surface area (Å²) in [5.41, 5.74) is 7.83. The molecule has 0 aliphatic carbocycles. The molecule has 1 atom stereocenters. The van der Waals surface area contributed by atoms with Crippen molar-refractivity contribution in [3.8, 4) is 5.75 Å². The lowest BCUT2D eigenvalue weighted by molar-refractivity contribution is 0.377. The van der Waals surface area contributed by atoms with Crippen molar-refractivity contribution >= 4 is 17.6 Å². The molecule has 0 spiro atoms. The molecule has 2 aromatic rings. The summed E-state index contributed by atoms with van der Waals surface area (Å²) in [6.07, 6.45) is 2.98. The van der Waals surface area contributed by atoms with Crippen LogP contribution in [-0.4, -0.2) is 25.4 Å². The molecular formula is C22H29N3O. The summed E-state index contributed by atoms with van der Waals surface area (Å²) in [5, 5.41) is 4.39. The minimum Gasteiger partial charge on any atom is -0.496 e. The Bertz CT molecular complexity index is 783. The molecular weight excluding hydrogens is 322 g/mol. The largest absolute Gasteiger partial charge is 0.496 e. The Balaban J connectivity index is 1.94. The van der Waals surface area contributed by atoms with Crippen molar-refractivity contribution < 1.29 is 4.74 Å². The fourth-order valence-corrected chi connectivity index (χ4v) is 4.09. The lowest BCUT2D eigenvalue weighted by Crippen LogP contribution is -2.48. The molecule has 3 rings (SSSR count). The van der Waals surface area contributed by atoms with Gasteiger partial charge in [-0.25, -0.2) is 0 Å². The smallest absolute Gasteiger partial charge is 0.129 e. The number of hydrogen-bond donors (Lipinski definition) is 1. The standard InChI is InChI=1S/C22H29N3O/c1-6-25-20-13-21(26-5)17(12-19(20)16(2)14-22(25,3)4)15-23-24-18-10-8-7-9-11-18/h7-13,15-16,24H,6,14H2,1-5H3/b23-15-. The molecule has 4 heteroatoms. The maximum atomic E-state index is 5.66. The predicted octanol–water partition coefficient (Wildman–Crippen LogP) is 5.25. The highest BCUT2D eigenvalue weighted by molar-refractivity contribution is 5.86. The molecule has 1 heterocycles. The first kappa shape index (κ1) is 18.3. The summed E-state index contributed by atoms with van der Waals surface area (Å²) in [6, 6.07) is 14.3. The van der Waals surface area contributed by atoms with Crippen LogP contribution < -0.4 is 15.1 Å². The van der Waals surface area contributed by atoms with Gasteiger partial charge >= 0.3 is 0 Å². The monoisotopic (exact) mass is 351 g/mol. The average molecular weight is 351 g/mol. The maximum absolute atomic E-state index is 5.66.